The lowest BCUT2D eigenvalue weighted by molar-refractivity contribution is 0.0909. The summed E-state index contributed by atoms with van der Waals surface area (Å²) < 4.78 is 0. The lowest BCUT2D eigenvalue weighted by atomic mass is 10.0. The summed E-state index contributed by atoms with van der Waals surface area (Å²) in [6, 6.07) is 10.7. The summed E-state index contributed by atoms with van der Waals surface area (Å²) in [5, 5.41) is 2.84. The van der Waals surface area contributed by atoms with Crippen molar-refractivity contribution < 1.29 is 14.4 Å². The van der Waals surface area contributed by atoms with Gasteiger partial charge in [-0.1, -0.05) is 52.0 Å². The quantitative estimate of drug-likeness (QED) is 0.773. The van der Waals surface area contributed by atoms with E-state index < -0.39 is 5.91 Å². The van der Waals surface area contributed by atoms with Crippen molar-refractivity contribution in [1.82, 2.24) is 5.32 Å². The SMILES string of the molecule is CCc1cccc(CC)c1N1C(=O)c2cccc(C(=O)NCC(C)C)c2C1=O. The molecule has 0 saturated carbocycles. The molecule has 5 heteroatoms. The predicted molar refractivity (Wildman–Crippen MR) is 110 cm³/mol. The smallest absolute Gasteiger partial charge is 0.266 e. The second-order valence-corrected chi connectivity index (χ2v) is 7.41. The third-order valence-electron chi connectivity index (χ3n) is 5.02. The fourth-order valence-corrected chi connectivity index (χ4v) is 3.57. The first-order valence-corrected chi connectivity index (χ1v) is 9.81. The molecule has 1 aliphatic heterocycles. The molecule has 0 saturated heterocycles. The number of carbonyl (C=O) groups excluding carboxylic acids is 3. The molecule has 0 atom stereocenters. The standard InChI is InChI=1S/C23H26N2O3/c1-5-15-9-7-10-16(6-2)20(15)25-22(27)18-12-8-11-17(19(18)23(25)28)21(26)24-13-14(3)4/h7-12,14H,5-6,13H2,1-4H3,(H,24,26). The normalized spacial score (nSPS) is 13.2. The zero-order valence-corrected chi connectivity index (χ0v) is 16.8. The van der Waals surface area contributed by atoms with E-state index in [9.17, 15) is 14.4 Å². The minimum atomic E-state index is -0.425. The van der Waals surface area contributed by atoms with Crippen molar-refractivity contribution in [2.24, 2.45) is 5.92 Å². The van der Waals surface area contributed by atoms with E-state index in [0.29, 0.717) is 25.1 Å². The average molecular weight is 378 g/mol. The Morgan fingerprint density at radius 2 is 1.57 bits per heavy atom. The molecule has 0 fully saturated rings. The summed E-state index contributed by atoms with van der Waals surface area (Å²) in [7, 11) is 0. The van der Waals surface area contributed by atoms with E-state index in [0.717, 1.165) is 11.1 Å². The lowest BCUT2D eigenvalue weighted by Crippen LogP contribution is -2.32. The van der Waals surface area contributed by atoms with Gasteiger partial charge in [-0.05, 0) is 42.0 Å². The molecule has 1 N–H and O–H groups in total. The maximum atomic E-state index is 13.3. The van der Waals surface area contributed by atoms with Crippen LogP contribution in [0.1, 0.15) is 69.9 Å². The minimum absolute atomic E-state index is 0.196. The highest BCUT2D eigenvalue weighted by molar-refractivity contribution is 6.36. The number of nitrogens with zero attached hydrogens (tertiary/aromatic N) is 1. The van der Waals surface area contributed by atoms with Crippen LogP contribution in [0.25, 0.3) is 0 Å². The largest absolute Gasteiger partial charge is 0.352 e. The maximum Gasteiger partial charge on any atom is 0.266 e. The molecule has 28 heavy (non-hydrogen) atoms. The van der Waals surface area contributed by atoms with E-state index in [-0.39, 0.29) is 34.4 Å². The monoisotopic (exact) mass is 378 g/mol. The van der Waals surface area contributed by atoms with Crippen LogP contribution >= 0.6 is 0 Å². The summed E-state index contributed by atoms with van der Waals surface area (Å²) in [4.78, 5) is 40.4. The number of hydrogen-bond donors (Lipinski definition) is 1. The van der Waals surface area contributed by atoms with Gasteiger partial charge in [0.2, 0.25) is 0 Å². The summed E-state index contributed by atoms with van der Waals surface area (Å²) >= 11 is 0. The number of amides is 3. The van der Waals surface area contributed by atoms with Crippen LogP contribution in [0.2, 0.25) is 0 Å². The number of imide groups is 1. The number of benzene rings is 2. The molecule has 2 aromatic carbocycles. The maximum absolute atomic E-state index is 13.3. The van der Waals surface area contributed by atoms with Crippen LogP contribution in [0.5, 0.6) is 0 Å². The van der Waals surface area contributed by atoms with Gasteiger partial charge in [-0.25, -0.2) is 4.90 Å². The van der Waals surface area contributed by atoms with Crippen molar-refractivity contribution in [3.8, 4) is 0 Å². The van der Waals surface area contributed by atoms with Gasteiger partial charge in [0.25, 0.3) is 17.7 Å². The Morgan fingerprint density at radius 3 is 2.14 bits per heavy atom. The first kappa shape index (κ1) is 19.8. The molecule has 1 aliphatic rings. The molecule has 3 rings (SSSR count). The molecule has 2 aromatic rings. The van der Waals surface area contributed by atoms with Gasteiger partial charge in [0.1, 0.15) is 0 Å². The van der Waals surface area contributed by atoms with Gasteiger partial charge in [0.15, 0.2) is 0 Å². The van der Waals surface area contributed by atoms with Crippen LogP contribution in [0.3, 0.4) is 0 Å². The summed E-state index contributed by atoms with van der Waals surface area (Å²) in [6.07, 6.45) is 1.41. The van der Waals surface area contributed by atoms with Crippen LogP contribution < -0.4 is 10.2 Å². The number of anilines is 1. The number of hydrogen-bond acceptors (Lipinski definition) is 3. The fraction of sp³-hybridized carbons (Fsp3) is 0.348. The van der Waals surface area contributed by atoms with Crippen molar-refractivity contribution >= 4 is 23.4 Å². The van der Waals surface area contributed by atoms with Crippen LogP contribution in [-0.4, -0.2) is 24.3 Å². The lowest BCUT2D eigenvalue weighted by Gasteiger charge is -2.21. The minimum Gasteiger partial charge on any atom is -0.352 e. The highest BCUT2D eigenvalue weighted by Crippen LogP contribution is 2.35. The molecule has 0 aromatic heterocycles. The molecule has 0 unspecified atom stereocenters. The van der Waals surface area contributed by atoms with Crippen LogP contribution in [0, 0.1) is 5.92 Å². The molecule has 0 spiro atoms. The molecular weight excluding hydrogens is 352 g/mol. The van der Waals surface area contributed by atoms with Crippen molar-refractivity contribution in [3.63, 3.8) is 0 Å². The summed E-state index contributed by atoms with van der Waals surface area (Å²) in [6.45, 7) is 8.51. The Morgan fingerprint density at radius 1 is 0.964 bits per heavy atom. The first-order valence-electron chi connectivity index (χ1n) is 9.81. The summed E-state index contributed by atoms with van der Waals surface area (Å²) in [5.74, 6) is -0.828. The van der Waals surface area contributed by atoms with Gasteiger partial charge in [0, 0.05) is 6.54 Å². The van der Waals surface area contributed by atoms with E-state index in [2.05, 4.69) is 5.32 Å². The van der Waals surface area contributed by atoms with E-state index in [1.807, 2.05) is 45.9 Å². The van der Waals surface area contributed by atoms with Crippen molar-refractivity contribution in [2.75, 3.05) is 11.4 Å². The average Bonchev–Trinajstić information content (AvgIpc) is 2.95. The van der Waals surface area contributed by atoms with E-state index in [1.165, 1.54) is 4.90 Å². The zero-order valence-electron chi connectivity index (χ0n) is 16.8. The number of aryl methyl sites for hydroxylation is 2. The first-order chi connectivity index (χ1) is 13.4. The molecule has 5 nitrogen and oxygen atoms in total. The predicted octanol–water partition coefficient (Wildman–Crippen LogP) is 4.00. The fourth-order valence-electron chi connectivity index (χ4n) is 3.57. The Labute approximate surface area is 165 Å². The van der Waals surface area contributed by atoms with E-state index in [4.69, 9.17) is 0 Å². The van der Waals surface area contributed by atoms with Crippen molar-refractivity contribution in [3.05, 3.63) is 64.2 Å². The zero-order chi connectivity index (χ0) is 20.4. The number of rotatable bonds is 6. The second-order valence-electron chi connectivity index (χ2n) is 7.41. The number of carbonyl (C=O) groups is 3. The highest BCUT2D eigenvalue weighted by atomic mass is 16.2. The molecular formula is C23H26N2O3. The third-order valence-corrected chi connectivity index (χ3v) is 5.02. The number of para-hydroxylation sites is 1. The molecule has 0 radical (unpaired) electrons. The Bertz CT molecular complexity index is 925. The summed E-state index contributed by atoms with van der Waals surface area (Å²) in [5.41, 5.74) is 3.29. The number of fused-ring (bicyclic) bond motifs is 1. The Hall–Kier alpha value is -2.95. The molecule has 0 bridgehead atoms. The van der Waals surface area contributed by atoms with Crippen LogP contribution in [-0.2, 0) is 12.8 Å². The van der Waals surface area contributed by atoms with Gasteiger partial charge in [-0.15, -0.1) is 0 Å². The topological polar surface area (TPSA) is 66.5 Å². The van der Waals surface area contributed by atoms with Gasteiger partial charge >= 0.3 is 0 Å². The Kier molecular flexibility index (Phi) is 5.63. The van der Waals surface area contributed by atoms with Crippen molar-refractivity contribution in [1.29, 1.82) is 0 Å². The van der Waals surface area contributed by atoms with Gasteiger partial charge in [-0.3, -0.25) is 14.4 Å². The molecule has 1 heterocycles. The van der Waals surface area contributed by atoms with Gasteiger partial charge in [0.05, 0.1) is 22.4 Å². The van der Waals surface area contributed by atoms with Gasteiger partial charge in [-0.2, -0.15) is 0 Å². The highest BCUT2D eigenvalue weighted by Gasteiger charge is 2.41. The number of nitrogens with one attached hydrogen (secondary N) is 1. The van der Waals surface area contributed by atoms with E-state index in [1.54, 1.807) is 18.2 Å². The van der Waals surface area contributed by atoms with Gasteiger partial charge < -0.3 is 5.32 Å². The van der Waals surface area contributed by atoms with Crippen molar-refractivity contribution in [2.45, 2.75) is 40.5 Å². The third kappa shape index (κ3) is 3.33. The molecule has 3 amide bonds. The van der Waals surface area contributed by atoms with Crippen LogP contribution in [0.4, 0.5) is 5.69 Å². The Balaban J connectivity index is 2.09. The second kappa shape index (κ2) is 7.97. The van der Waals surface area contributed by atoms with E-state index >= 15 is 0 Å². The molecule has 146 valence electrons. The van der Waals surface area contributed by atoms with Crippen LogP contribution in [0.15, 0.2) is 36.4 Å². The molecule has 0 aliphatic carbocycles.